The van der Waals surface area contributed by atoms with Crippen molar-refractivity contribution in [2.75, 3.05) is 26.4 Å². The second kappa shape index (κ2) is 7.51. The normalized spacial score (nSPS) is 14.4. The van der Waals surface area contributed by atoms with E-state index in [4.69, 9.17) is 0 Å². The first kappa shape index (κ1) is 15.2. The highest BCUT2D eigenvalue weighted by Gasteiger charge is 2.18. The second-order valence-electron chi connectivity index (χ2n) is 3.99. The highest BCUT2D eigenvalue weighted by Crippen LogP contribution is 1.92. The van der Waals surface area contributed by atoms with Gasteiger partial charge in [-0.1, -0.05) is 0 Å². The Hall–Kier alpha value is -0.750. The lowest BCUT2D eigenvalue weighted by atomic mass is 10.2. The first-order valence-electron chi connectivity index (χ1n) is 5.20. The van der Waals surface area contributed by atoms with E-state index >= 15 is 0 Å². The van der Waals surface area contributed by atoms with Gasteiger partial charge in [-0.3, -0.25) is 9.59 Å². The quantitative estimate of drug-likeness (QED) is 0.554. The summed E-state index contributed by atoms with van der Waals surface area (Å²) in [6.07, 6.45) is 0. The minimum Gasteiger partial charge on any atom is -0.353 e. The third-order valence-corrected chi connectivity index (χ3v) is 2.69. The third-order valence-electron chi connectivity index (χ3n) is 2.33. The first-order valence-corrected chi connectivity index (χ1v) is 5.83. The summed E-state index contributed by atoms with van der Waals surface area (Å²) in [6.45, 7) is 3.94. The van der Waals surface area contributed by atoms with Gasteiger partial charge in [-0.25, -0.2) is 0 Å². The standard InChI is InChI=1S/C10H21N3O2S/c1-7(13(3)4)5-11-10(15)9(6-16)12-8(2)14/h7,9,16H,5-6H2,1-4H3,(H,11,15)(H,12,14). The summed E-state index contributed by atoms with van der Waals surface area (Å²) in [5.74, 6) is -0.129. The molecule has 0 bridgehead atoms. The van der Waals surface area contributed by atoms with Crippen LogP contribution in [-0.2, 0) is 9.59 Å². The molecule has 0 aromatic heterocycles. The Morgan fingerprint density at radius 3 is 2.31 bits per heavy atom. The van der Waals surface area contributed by atoms with E-state index in [9.17, 15) is 9.59 Å². The first-order chi connectivity index (χ1) is 7.38. The predicted molar refractivity (Wildman–Crippen MR) is 67.6 cm³/mol. The van der Waals surface area contributed by atoms with Gasteiger partial charge >= 0.3 is 0 Å². The van der Waals surface area contributed by atoms with Gasteiger partial charge in [0, 0.05) is 25.3 Å². The Balaban J connectivity index is 4.07. The fourth-order valence-corrected chi connectivity index (χ4v) is 1.25. The fourth-order valence-electron chi connectivity index (χ4n) is 0.994. The molecule has 2 unspecified atom stereocenters. The Bertz CT molecular complexity index is 246. The summed E-state index contributed by atoms with van der Waals surface area (Å²) in [5.41, 5.74) is 0. The topological polar surface area (TPSA) is 61.4 Å². The number of carbonyl (C=O) groups is 2. The van der Waals surface area contributed by atoms with E-state index in [1.54, 1.807) is 0 Å². The number of thiol groups is 1. The molecule has 16 heavy (non-hydrogen) atoms. The number of nitrogens with one attached hydrogen (secondary N) is 2. The van der Waals surface area contributed by atoms with Crippen LogP contribution in [0.3, 0.4) is 0 Å². The molecule has 2 amide bonds. The maximum Gasteiger partial charge on any atom is 0.243 e. The number of rotatable bonds is 6. The Kier molecular flexibility index (Phi) is 7.16. The molecule has 2 atom stereocenters. The van der Waals surface area contributed by atoms with E-state index in [2.05, 4.69) is 23.3 Å². The Morgan fingerprint density at radius 2 is 1.94 bits per heavy atom. The van der Waals surface area contributed by atoms with Crippen molar-refractivity contribution >= 4 is 24.4 Å². The molecule has 0 rings (SSSR count). The van der Waals surface area contributed by atoms with Crippen LogP contribution < -0.4 is 10.6 Å². The number of amides is 2. The van der Waals surface area contributed by atoms with Crippen molar-refractivity contribution in [1.82, 2.24) is 15.5 Å². The number of hydrogen-bond acceptors (Lipinski definition) is 4. The van der Waals surface area contributed by atoms with Crippen LogP contribution in [0.4, 0.5) is 0 Å². The lowest BCUT2D eigenvalue weighted by Gasteiger charge is -2.22. The maximum absolute atomic E-state index is 11.6. The van der Waals surface area contributed by atoms with Crippen LogP contribution in [-0.4, -0.2) is 55.2 Å². The Morgan fingerprint density at radius 1 is 1.38 bits per heavy atom. The van der Waals surface area contributed by atoms with Gasteiger partial charge in [0.15, 0.2) is 0 Å². The van der Waals surface area contributed by atoms with E-state index < -0.39 is 6.04 Å². The summed E-state index contributed by atoms with van der Waals surface area (Å²) in [6, 6.07) is -0.308. The van der Waals surface area contributed by atoms with Crippen molar-refractivity contribution < 1.29 is 9.59 Å². The minimum atomic E-state index is -0.560. The van der Waals surface area contributed by atoms with Crippen LogP contribution in [0.5, 0.6) is 0 Å². The summed E-state index contributed by atoms with van der Waals surface area (Å²) in [7, 11) is 3.89. The molecule has 0 aliphatic heterocycles. The minimum absolute atomic E-state index is 0.195. The van der Waals surface area contributed by atoms with Crippen molar-refractivity contribution in [1.29, 1.82) is 0 Å². The van der Waals surface area contributed by atoms with Gasteiger partial charge in [-0.15, -0.1) is 0 Å². The number of hydrogen-bond donors (Lipinski definition) is 3. The maximum atomic E-state index is 11.6. The van der Waals surface area contributed by atoms with Crippen molar-refractivity contribution in [2.24, 2.45) is 0 Å². The van der Waals surface area contributed by atoms with Gasteiger partial charge in [0.2, 0.25) is 11.8 Å². The highest BCUT2D eigenvalue weighted by atomic mass is 32.1. The molecular weight excluding hydrogens is 226 g/mol. The smallest absolute Gasteiger partial charge is 0.243 e. The van der Waals surface area contributed by atoms with E-state index in [1.807, 2.05) is 25.9 Å². The number of carbonyl (C=O) groups excluding carboxylic acids is 2. The highest BCUT2D eigenvalue weighted by molar-refractivity contribution is 7.80. The van der Waals surface area contributed by atoms with Crippen LogP contribution in [0.1, 0.15) is 13.8 Å². The molecule has 0 aliphatic rings. The summed E-state index contributed by atoms with van der Waals surface area (Å²) in [4.78, 5) is 24.5. The van der Waals surface area contributed by atoms with Crippen molar-refractivity contribution in [3.8, 4) is 0 Å². The zero-order valence-corrected chi connectivity index (χ0v) is 11.2. The number of likely N-dealkylation sites (N-methyl/N-ethyl adjacent to an activating group) is 1. The molecular formula is C10H21N3O2S. The molecule has 0 aromatic rings. The Labute approximate surface area is 102 Å². The van der Waals surface area contributed by atoms with Gasteiger partial charge in [0.25, 0.3) is 0 Å². The second-order valence-corrected chi connectivity index (χ2v) is 4.36. The van der Waals surface area contributed by atoms with Gasteiger partial charge < -0.3 is 15.5 Å². The summed E-state index contributed by atoms with van der Waals surface area (Å²) in [5, 5.41) is 5.32. The molecule has 5 nitrogen and oxygen atoms in total. The van der Waals surface area contributed by atoms with E-state index in [1.165, 1.54) is 6.92 Å². The third kappa shape index (κ3) is 5.97. The molecule has 0 radical (unpaired) electrons. The summed E-state index contributed by atoms with van der Waals surface area (Å²) >= 11 is 4.03. The average molecular weight is 247 g/mol. The summed E-state index contributed by atoms with van der Waals surface area (Å²) < 4.78 is 0. The fraction of sp³-hybridized carbons (Fsp3) is 0.800. The average Bonchev–Trinajstić information content (AvgIpc) is 2.21. The lowest BCUT2D eigenvalue weighted by molar-refractivity contribution is -0.127. The van der Waals surface area contributed by atoms with Crippen molar-refractivity contribution in [3.05, 3.63) is 0 Å². The van der Waals surface area contributed by atoms with Gasteiger partial charge in [-0.05, 0) is 21.0 Å². The van der Waals surface area contributed by atoms with Crippen molar-refractivity contribution in [2.45, 2.75) is 25.9 Å². The molecule has 0 spiro atoms. The van der Waals surface area contributed by atoms with E-state index in [-0.39, 0.29) is 17.9 Å². The van der Waals surface area contributed by atoms with Gasteiger partial charge in [-0.2, -0.15) is 12.6 Å². The monoisotopic (exact) mass is 247 g/mol. The number of nitrogens with zero attached hydrogens (tertiary/aromatic N) is 1. The molecule has 0 heterocycles. The molecule has 0 aliphatic carbocycles. The van der Waals surface area contributed by atoms with Crippen LogP contribution in [0, 0.1) is 0 Å². The molecule has 0 fully saturated rings. The lowest BCUT2D eigenvalue weighted by Crippen LogP contribution is -2.49. The van der Waals surface area contributed by atoms with E-state index in [0.717, 1.165) is 0 Å². The van der Waals surface area contributed by atoms with Gasteiger partial charge in [0.05, 0.1) is 0 Å². The molecule has 0 saturated carbocycles. The van der Waals surface area contributed by atoms with Crippen LogP contribution in [0.25, 0.3) is 0 Å². The largest absolute Gasteiger partial charge is 0.353 e. The molecule has 0 saturated heterocycles. The molecule has 6 heteroatoms. The molecule has 0 aromatic carbocycles. The zero-order chi connectivity index (χ0) is 12.7. The van der Waals surface area contributed by atoms with Crippen molar-refractivity contribution in [3.63, 3.8) is 0 Å². The van der Waals surface area contributed by atoms with Crippen LogP contribution >= 0.6 is 12.6 Å². The van der Waals surface area contributed by atoms with Crippen LogP contribution in [0.15, 0.2) is 0 Å². The van der Waals surface area contributed by atoms with Gasteiger partial charge in [0.1, 0.15) is 6.04 Å². The zero-order valence-electron chi connectivity index (χ0n) is 10.3. The van der Waals surface area contributed by atoms with Crippen LogP contribution in [0.2, 0.25) is 0 Å². The molecule has 94 valence electrons. The van der Waals surface area contributed by atoms with E-state index in [0.29, 0.717) is 12.3 Å². The molecule has 2 N–H and O–H groups in total. The SMILES string of the molecule is CC(=O)NC(CS)C(=O)NCC(C)N(C)C. The predicted octanol–water partition coefficient (Wildman–Crippen LogP) is -0.513.